The van der Waals surface area contributed by atoms with Crippen LogP contribution in [0.3, 0.4) is 0 Å². The number of likely N-dealkylation sites (tertiary alicyclic amines) is 1. The molecule has 2 aliphatic rings. The minimum Gasteiger partial charge on any atom is -0.326 e. The second-order valence-corrected chi connectivity index (χ2v) is 7.13. The Bertz CT molecular complexity index is 550. The van der Waals surface area contributed by atoms with Gasteiger partial charge in [0.15, 0.2) is 0 Å². The summed E-state index contributed by atoms with van der Waals surface area (Å²) in [6.45, 7) is 4.02. The number of nitrogens with zero attached hydrogens (tertiary/aromatic N) is 1. The first-order chi connectivity index (χ1) is 10.6. The largest absolute Gasteiger partial charge is 0.326 e. The third kappa shape index (κ3) is 4.62. The Morgan fingerprint density at radius 3 is 2.87 bits per heavy atom. The lowest BCUT2D eigenvalue weighted by molar-refractivity contribution is -0.116. The molecule has 1 N–H and O–H groups in total. The van der Waals surface area contributed by atoms with Crippen molar-refractivity contribution in [2.75, 3.05) is 18.4 Å². The van der Waals surface area contributed by atoms with Crippen molar-refractivity contribution in [1.29, 1.82) is 0 Å². The zero-order valence-electron chi connectivity index (χ0n) is 13.7. The average Bonchev–Trinajstić information content (AvgIpc) is 2.97. The molecule has 2 atom stereocenters. The van der Waals surface area contributed by atoms with Gasteiger partial charge in [-0.15, -0.1) is 12.4 Å². The van der Waals surface area contributed by atoms with Crippen LogP contribution in [0.5, 0.6) is 0 Å². The van der Waals surface area contributed by atoms with Crippen LogP contribution in [0.2, 0.25) is 5.02 Å². The van der Waals surface area contributed by atoms with Gasteiger partial charge in [-0.1, -0.05) is 18.0 Å². The maximum Gasteiger partial charge on any atom is 0.225 e. The van der Waals surface area contributed by atoms with E-state index in [1.54, 1.807) is 0 Å². The van der Waals surface area contributed by atoms with Crippen LogP contribution in [-0.4, -0.2) is 29.9 Å². The minimum atomic E-state index is 0. The summed E-state index contributed by atoms with van der Waals surface area (Å²) in [5.74, 6) is 0.987. The van der Waals surface area contributed by atoms with Crippen molar-refractivity contribution in [1.82, 2.24) is 4.90 Å². The van der Waals surface area contributed by atoms with E-state index in [2.05, 4.69) is 10.2 Å². The molecule has 0 unspecified atom stereocenters. The molecule has 1 amide bonds. The van der Waals surface area contributed by atoms with Gasteiger partial charge < -0.3 is 5.32 Å². The molecule has 0 aromatic heterocycles. The smallest absolute Gasteiger partial charge is 0.225 e. The van der Waals surface area contributed by atoms with E-state index in [-0.39, 0.29) is 18.3 Å². The van der Waals surface area contributed by atoms with Crippen LogP contribution in [0, 0.1) is 12.8 Å². The van der Waals surface area contributed by atoms with Crippen LogP contribution in [0.15, 0.2) is 18.2 Å². The Morgan fingerprint density at radius 2 is 2.09 bits per heavy atom. The normalized spacial score (nSPS) is 23.9. The van der Waals surface area contributed by atoms with Gasteiger partial charge in [-0.3, -0.25) is 9.69 Å². The van der Waals surface area contributed by atoms with Crippen LogP contribution in [0.25, 0.3) is 0 Å². The number of hydrogen-bond donors (Lipinski definition) is 1. The fourth-order valence-electron chi connectivity index (χ4n) is 4.06. The number of nitrogens with one attached hydrogen (secondary N) is 1. The number of piperidine rings is 1. The molecule has 0 radical (unpaired) electrons. The van der Waals surface area contributed by atoms with Crippen LogP contribution >= 0.6 is 24.0 Å². The minimum absolute atomic E-state index is 0. The zero-order valence-corrected chi connectivity index (χ0v) is 15.3. The molecular formula is C18H26Cl2N2O. The maximum absolute atomic E-state index is 12.2. The van der Waals surface area contributed by atoms with E-state index < -0.39 is 0 Å². The van der Waals surface area contributed by atoms with Gasteiger partial charge in [-0.25, -0.2) is 0 Å². The van der Waals surface area contributed by atoms with E-state index >= 15 is 0 Å². The summed E-state index contributed by atoms with van der Waals surface area (Å²) in [7, 11) is 0. The summed E-state index contributed by atoms with van der Waals surface area (Å²) in [5.41, 5.74) is 1.88. The van der Waals surface area contributed by atoms with Crippen molar-refractivity contribution < 1.29 is 4.79 Å². The van der Waals surface area contributed by atoms with Crippen LogP contribution in [-0.2, 0) is 4.79 Å². The number of benzene rings is 1. The molecular weight excluding hydrogens is 331 g/mol. The van der Waals surface area contributed by atoms with Crippen molar-refractivity contribution >= 4 is 35.6 Å². The molecule has 5 heteroatoms. The van der Waals surface area contributed by atoms with Crippen LogP contribution < -0.4 is 5.32 Å². The maximum atomic E-state index is 12.2. The predicted molar refractivity (Wildman–Crippen MR) is 98.6 cm³/mol. The van der Waals surface area contributed by atoms with Gasteiger partial charge in [0.2, 0.25) is 5.91 Å². The van der Waals surface area contributed by atoms with E-state index in [4.69, 9.17) is 11.6 Å². The summed E-state index contributed by atoms with van der Waals surface area (Å²) in [4.78, 5) is 14.8. The highest BCUT2D eigenvalue weighted by Crippen LogP contribution is 2.36. The number of fused-ring (bicyclic) bond motifs is 1. The van der Waals surface area contributed by atoms with Gasteiger partial charge in [0.05, 0.1) is 0 Å². The second-order valence-electron chi connectivity index (χ2n) is 6.69. The number of carbonyl (C=O) groups is 1. The van der Waals surface area contributed by atoms with Crippen molar-refractivity contribution in [3.8, 4) is 0 Å². The predicted octanol–water partition coefficient (Wildman–Crippen LogP) is 4.66. The second kappa shape index (κ2) is 8.36. The SMILES string of the molecule is Cc1cc(Cl)ccc1NC(=O)CCN1CCC[C@H]2CCC[C@@H]21.Cl. The number of amides is 1. The molecule has 3 rings (SSSR count). The highest BCUT2D eigenvalue weighted by atomic mass is 35.5. The highest BCUT2D eigenvalue weighted by molar-refractivity contribution is 6.30. The Labute approximate surface area is 150 Å². The number of rotatable bonds is 4. The van der Waals surface area contributed by atoms with Crippen molar-refractivity contribution in [3.63, 3.8) is 0 Å². The lowest BCUT2D eigenvalue weighted by Crippen LogP contribution is -2.43. The van der Waals surface area contributed by atoms with Gasteiger partial charge in [-0.2, -0.15) is 0 Å². The first kappa shape index (κ1) is 18.6. The molecule has 1 saturated carbocycles. The molecule has 1 saturated heterocycles. The number of anilines is 1. The molecule has 1 heterocycles. The molecule has 128 valence electrons. The van der Waals surface area contributed by atoms with Gasteiger partial charge in [0.25, 0.3) is 0 Å². The fourth-order valence-corrected chi connectivity index (χ4v) is 4.29. The molecule has 3 nitrogen and oxygen atoms in total. The van der Waals surface area contributed by atoms with Gasteiger partial charge in [-0.05, 0) is 68.8 Å². The van der Waals surface area contributed by atoms with Crippen LogP contribution in [0.1, 0.15) is 44.1 Å². The van der Waals surface area contributed by atoms with Gasteiger partial charge in [0, 0.05) is 29.7 Å². The summed E-state index contributed by atoms with van der Waals surface area (Å²) in [6.07, 6.45) is 7.32. The van der Waals surface area contributed by atoms with E-state index in [0.717, 1.165) is 36.3 Å². The van der Waals surface area contributed by atoms with Gasteiger partial charge in [0.1, 0.15) is 0 Å². The highest BCUT2D eigenvalue weighted by Gasteiger charge is 2.34. The molecule has 1 aliphatic carbocycles. The lowest BCUT2D eigenvalue weighted by atomic mass is 9.92. The first-order valence-corrected chi connectivity index (χ1v) is 8.81. The summed E-state index contributed by atoms with van der Waals surface area (Å²) in [5, 5.41) is 3.72. The quantitative estimate of drug-likeness (QED) is 0.850. The standard InChI is InChI=1S/C18H25ClN2O.ClH/c1-13-12-15(19)7-8-16(13)20-18(22)9-11-21-10-3-5-14-4-2-6-17(14)21;/h7-8,12,14,17H,2-6,9-11H2,1H3,(H,20,22);1H/t14-,17+;/m1./s1. The number of halogens is 2. The Kier molecular flexibility index (Phi) is 6.75. The molecule has 1 aromatic carbocycles. The third-order valence-corrected chi connectivity index (χ3v) is 5.43. The Balaban J connectivity index is 0.00000192. The Hall–Kier alpha value is -0.770. The van der Waals surface area contributed by atoms with Crippen molar-refractivity contribution in [2.45, 2.75) is 51.5 Å². The molecule has 1 aliphatic heterocycles. The van der Waals surface area contributed by atoms with E-state index in [0.29, 0.717) is 11.4 Å². The van der Waals surface area contributed by atoms with Crippen molar-refractivity contribution in [3.05, 3.63) is 28.8 Å². The molecule has 0 spiro atoms. The summed E-state index contributed by atoms with van der Waals surface area (Å²) in [6, 6.07) is 6.31. The van der Waals surface area contributed by atoms with Crippen LogP contribution in [0.4, 0.5) is 5.69 Å². The molecule has 23 heavy (non-hydrogen) atoms. The van der Waals surface area contributed by atoms with E-state index in [9.17, 15) is 4.79 Å². The number of carbonyl (C=O) groups excluding carboxylic acids is 1. The fraction of sp³-hybridized carbons (Fsp3) is 0.611. The Morgan fingerprint density at radius 1 is 1.30 bits per heavy atom. The first-order valence-electron chi connectivity index (χ1n) is 8.43. The number of aryl methyl sites for hydroxylation is 1. The zero-order chi connectivity index (χ0) is 15.5. The topological polar surface area (TPSA) is 32.3 Å². The average molecular weight is 357 g/mol. The van der Waals surface area contributed by atoms with Crippen molar-refractivity contribution in [2.24, 2.45) is 5.92 Å². The molecule has 1 aromatic rings. The lowest BCUT2D eigenvalue weighted by Gasteiger charge is -2.37. The third-order valence-electron chi connectivity index (χ3n) is 5.20. The summed E-state index contributed by atoms with van der Waals surface area (Å²) < 4.78 is 0. The molecule has 0 bridgehead atoms. The monoisotopic (exact) mass is 356 g/mol. The van der Waals surface area contributed by atoms with E-state index in [1.807, 2.05) is 25.1 Å². The van der Waals surface area contributed by atoms with E-state index in [1.165, 1.54) is 32.1 Å². The molecule has 2 fully saturated rings. The number of hydrogen-bond acceptors (Lipinski definition) is 2. The summed E-state index contributed by atoms with van der Waals surface area (Å²) >= 11 is 5.95. The van der Waals surface area contributed by atoms with Gasteiger partial charge >= 0.3 is 0 Å².